The van der Waals surface area contributed by atoms with Gasteiger partial charge in [0.2, 0.25) is 11.4 Å². The summed E-state index contributed by atoms with van der Waals surface area (Å²) in [6, 6.07) is 32.2. The van der Waals surface area contributed by atoms with Gasteiger partial charge >= 0.3 is 0 Å². The predicted molar refractivity (Wildman–Crippen MR) is 289 cm³/mol. The van der Waals surface area contributed by atoms with Crippen molar-refractivity contribution < 1.29 is 14.0 Å². The van der Waals surface area contributed by atoms with E-state index in [1.165, 1.54) is 67.4 Å². The topological polar surface area (TPSA) is 43.6 Å². The first-order valence-corrected chi connectivity index (χ1v) is 25.7. The molecule has 6 aliphatic rings. The van der Waals surface area contributed by atoms with E-state index >= 15 is 0 Å². The van der Waals surface area contributed by atoms with Crippen LogP contribution in [-0.2, 0) is 21.0 Å². The Morgan fingerprint density at radius 1 is 0.754 bits per heavy atom. The molecule has 0 radical (unpaired) electrons. The summed E-state index contributed by atoms with van der Waals surface area (Å²) < 4.78 is 17.1. The van der Waals surface area contributed by atoms with Crippen molar-refractivity contribution in [3.8, 4) is 5.75 Å². The first-order valence-electron chi connectivity index (χ1n) is 25.0. The van der Waals surface area contributed by atoms with Crippen molar-refractivity contribution in [1.82, 2.24) is 0 Å². The minimum absolute atomic E-state index is 0.0591. The fourth-order valence-electron chi connectivity index (χ4n) is 12.6. The molecule has 9 heteroatoms. The highest BCUT2D eigenvalue weighted by molar-refractivity contribution is 6.31. The van der Waals surface area contributed by atoms with Crippen molar-refractivity contribution in [2.24, 2.45) is 4.99 Å². The lowest BCUT2D eigenvalue weighted by atomic mass is 9.77. The first-order chi connectivity index (χ1) is 33.1. The van der Waals surface area contributed by atoms with Crippen molar-refractivity contribution in [2.45, 2.75) is 109 Å². The average molecular weight is 958 g/mol. The van der Waals surface area contributed by atoms with Crippen molar-refractivity contribution in [2.75, 3.05) is 47.9 Å². The summed E-state index contributed by atoms with van der Waals surface area (Å²) in [5.41, 5.74) is 13.0. The molecule has 69 heavy (non-hydrogen) atoms. The molecule has 1 unspecified atom stereocenters. The molecule has 5 aliphatic heterocycles. The number of allylic oxidation sites excluding steroid dienone is 7. The van der Waals surface area contributed by atoms with Gasteiger partial charge < -0.3 is 24.2 Å². The highest BCUT2D eigenvalue weighted by atomic mass is 35.5. The van der Waals surface area contributed by atoms with E-state index in [0.29, 0.717) is 0 Å². The fourth-order valence-corrected chi connectivity index (χ4v) is 12.9. The van der Waals surface area contributed by atoms with E-state index in [0.717, 1.165) is 84.5 Å². The van der Waals surface area contributed by atoms with Crippen LogP contribution >= 0.6 is 23.2 Å². The highest BCUT2D eigenvalue weighted by Gasteiger charge is 2.58. The minimum Gasteiger partial charge on any atom is -0.490 e. The molecule has 5 heterocycles. The molecule has 0 amide bonds. The van der Waals surface area contributed by atoms with Crippen LogP contribution in [0.2, 0.25) is 10.0 Å². The molecule has 1 spiro atoms. The molecule has 1 fully saturated rings. The zero-order chi connectivity index (χ0) is 48.2. The lowest BCUT2D eigenvalue weighted by Gasteiger charge is -2.45. The number of aliphatic imine (C=N–C) groups is 1. The second-order valence-electron chi connectivity index (χ2n) is 21.2. The van der Waals surface area contributed by atoms with Crippen molar-refractivity contribution in [3.05, 3.63) is 165 Å². The number of para-hydroxylation sites is 1. The molecule has 1 saturated heterocycles. The van der Waals surface area contributed by atoms with Gasteiger partial charge in [0.1, 0.15) is 24.1 Å². The third-order valence-corrected chi connectivity index (χ3v) is 16.9. The number of fused-ring (bicyclic) bond motifs is 6. The summed E-state index contributed by atoms with van der Waals surface area (Å²) in [6.07, 6.45) is 15.1. The van der Waals surface area contributed by atoms with E-state index in [2.05, 4.69) is 185 Å². The van der Waals surface area contributed by atoms with Crippen molar-refractivity contribution >= 4 is 74.3 Å². The summed E-state index contributed by atoms with van der Waals surface area (Å²) in [4.78, 5) is 12.5. The third kappa shape index (κ3) is 7.03. The van der Waals surface area contributed by atoms with Crippen molar-refractivity contribution in [3.63, 3.8) is 0 Å². The predicted octanol–water partition coefficient (Wildman–Crippen LogP) is 14.7. The summed E-state index contributed by atoms with van der Waals surface area (Å²) in [7, 11) is 2.13. The minimum atomic E-state index is -0.759. The highest BCUT2D eigenvalue weighted by Crippen LogP contribution is 2.56. The normalized spacial score (nSPS) is 23.3. The molecule has 1 atom stereocenters. The number of benzene rings is 5. The van der Waals surface area contributed by atoms with E-state index in [1.54, 1.807) is 0 Å². The molecule has 0 N–H and O–H groups in total. The van der Waals surface area contributed by atoms with Crippen LogP contribution < -0.4 is 19.4 Å². The van der Waals surface area contributed by atoms with Gasteiger partial charge in [-0.2, -0.15) is 4.58 Å². The number of hydrogen-bond acceptors (Lipinski definition) is 6. The SMILES string of the molecule is CCN1/C(=C/C=C2\CCC(/C=C/C3=[N+](CC)c4ccc(Cl)cc4C3(C)C)=C2OC2CCN(c3cc4c(c5ccccc35)N=CC3(O4)N(C)c4ccccc4C3(C)C)CC2)C(C)(C)c2cc(Cl)ccc21. The number of nitrogens with zero attached hydrogens (tertiary/aromatic N) is 5. The summed E-state index contributed by atoms with van der Waals surface area (Å²) in [5.74, 6) is 1.85. The van der Waals surface area contributed by atoms with E-state index in [-0.39, 0.29) is 22.3 Å². The van der Waals surface area contributed by atoms with Crippen LogP contribution in [0.15, 0.2) is 143 Å². The average Bonchev–Trinajstić information content (AvgIpc) is 3.95. The Bertz CT molecular complexity index is 3150. The number of halogens is 2. The molecule has 5 aromatic carbocycles. The molecule has 0 saturated carbocycles. The Morgan fingerprint density at radius 3 is 2.20 bits per heavy atom. The molecule has 1 aliphatic carbocycles. The number of anilines is 3. The van der Waals surface area contributed by atoms with Gasteiger partial charge in [0.25, 0.3) is 0 Å². The molecule has 354 valence electrons. The molecule has 0 bridgehead atoms. The standard InChI is InChI=1S/C60H64Cl2N5O2/c1-10-66-49-26-24-40(61)34-46(49)57(3,4)53(66)28-22-38-20-21-39(23-29-54-58(5,6)47-35-41(62)25-27-50(47)67(54)11-2)56(38)68-42-30-32-65(33-31-42)51-36-52-55(44-17-13-12-16-43(44)51)63-37-60(69-52)59(7,8)45-18-14-15-19-48(45)64(60)9/h12-19,22-29,34-37,42H,10-11,20-21,30-33H2,1-9H3/q+1. The van der Waals surface area contributed by atoms with Crippen LogP contribution in [0.5, 0.6) is 5.75 Å². The lowest BCUT2D eigenvalue weighted by Crippen LogP contribution is -2.61. The van der Waals surface area contributed by atoms with Crippen molar-refractivity contribution in [1.29, 1.82) is 0 Å². The summed E-state index contributed by atoms with van der Waals surface area (Å²) in [5, 5.41) is 3.84. The van der Waals surface area contributed by atoms with Gasteiger partial charge in [-0.05, 0) is 125 Å². The molecule has 5 aromatic rings. The Morgan fingerprint density at radius 2 is 1.46 bits per heavy atom. The maximum atomic E-state index is 7.35. The van der Waals surface area contributed by atoms with E-state index in [9.17, 15) is 0 Å². The van der Waals surface area contributed by atoms with Gasteiger partial charge in [0.05, 0.1) is 17.0 Å². The zero-order valence-electron chi connectivity index (χ0n) is 41.6. The fraction of sp³-hybridized carbons (Fsp3) is 0.367. The summed E-state index contributed by atoms with van der Waals surface area (Å²) >= 11 is 13.2. The van der Waals surface area contributed by atoms with Crippen LogP contribution in [0.3, 0.4) is 0 Å². The van der Waals surface area contributed by atoms with Gasteiger partial charge in [-0.1, -0.05) is 85.6 Å². The number of piperidine rings is 1. The number of rotatable bonds is 8. The second-order valence-corrected chi connectivity index (χ2v) is 22.1. The molecular formula is C60H64Cl2N5O2+. The van der Waals surface area contributed by atoms with Crippen LogP contribution in [0, 0.1) is 0 Å². The number of likely N-dealkylation sites (N-methyl/N-ethyl adjacent to an activating group) is 2. The molecular weight excluding hydrogens is 894 g/mol. The first kappa shape index (κ1) is 45.7. The summed E-state index contributed by atoms with van der Waals surface area (Å²) in [6.45, 7) is 21.7. The molecule has 7 nitrogen and oxygen atoms in total. The Hall–Kier alpha value is -5.76. The Kier molecular flexibility index (Phi) is 11.1. The smallest absolute Gasteiger partial charge is 0.228 e. The molecule has 0 aromatic heterocycles. The Balaban J connectivity index is 0.912. The number of hydrogen-bond donors (Lipinski definition) is 0. The zero-order valence-corrected chi connectivity index (χ0v) is 43.1. The van der Waals surface area contributed by atoms with Gasteiger partial charge in [-0.3, -0.25) is 4.99 Å². The number of ether oxygens (including phenoxy) is 2. The third-order valence-electron chi connectivity index (χ3n) is 16.5. The van der Waals surface area contributed by atoms with Crippen LogP contribution in [0.4, 0.5) is 28.4 Å². The van der Waals surface area contributed by atoms with Crippen LogP contribution in [-0.4, -0.2) is 61.6 Å². The van der Waals surface area contributed by atoms with Crippen LogP contribution in [0.1, 0.15) is 97.8 Å². The lowest BCUT2D eigenvalue weighted by molar-refractivity contribution is -0.433. The quantitative estimate of drug-likeness (QED) is 0.145. The van der Waals surface area contributed by atoms with E-state index < -0.39 is 5.72 Å². The second kappa shape index (κ2) is 16.7. The largest absolute Gasteiger partial charge is 0.490 e. The molecule has 11 rings (SSSR count). The monoisotopic (exact) mass is 956 g/mol. The van der Waals surface area contributed by atoms with Gasteiger partial charge in [0, 0.05) is 112 Å². The van der Waals surface area contributed by atoms with Gasteiger partial charge in [-0.15, -0.1) is 0 Å². The Labute approximate surface area is 418 Å². The van der Waals surface area contributed by atoms with E-state index in [1.807, 2.05) is 18.3 Å². The van der Waals surface area contributed by atoms with Gasteiger partial charge in [-0.25, -0.2) is 0 Å². The van der Waals surface area contributed by atoms with Gasteiger partial charge in [0.15, 0.2) is 11.5 Å². The van der Waals surface area contributed by atoms with Crippen LogP contribution in [0.25, 0.3) is 10.8 Å². The maximum absolute atomic E-state index is 7.35. The maximum Gasteiger partial charge on any atom is 0.228 e. The van der Waals surface area contributed by atoms with E-state index in [4.69, 9.17) is 37.7 Å².